The molecule has 174 valence electrons. The molecule has 0 aromatic carbocycles. The Labute approximate surface area is 190 Å². The van der Waals surface area contributed by atoms with Crippen LogP contribution < -0.4 is 20.1 Å². The maximum atomic E-state index is 6.02. The largest absolute Gasteiger partial charge is 0.491 e. The predicted octanol–water partition coefficient (Wildman–Crippen LogP) is 3.36. The fourth-order valence-electron chi connectivity index (χ4n) is 4.18. The number of aromatic nitrogens is 2. The second-order valence-electron chi connectivity index (χ2n) is 8.41. The Morgan fingerprint density at radius 1 is 1.09 bits per heavy atom. The highest BCUT2D eigenvalue weighted by Crippen LogP contribution is 2.29. The molecule has 2 N–H and O–H groups in total. The third-order valence-corrected chi connectivity index (χ3v) is 6.02. The van der Waals surface area contributed by atoms with Crippen molar-refractivity contribution in [1.82, 2.24) is 20.2 Å². The first kappa shape index (κ1) is 22.8. The average Bonchev–Trinajstić information content (AvgIpc) is 3.35. The second kappa shape index (κ2) is 12.0. The van der Waals surface area contributed by atoms with E-state index in [1.807, 2.05) is 18.3 Å². The van der Waals surface area contributed by atoms with Gasteiger partial charge in [-0.25, -0.2) is 9.97 Å². The SMILES string of the molecule is COc1cnc(Nc2cc(CNC3CCOCC3)ccn2)cc1OCCCN1CCCC1. The van der Waals surface area contributed by atoms with Crippen LogP contribution in [0.3, 0.4) is 0 Å². The quantitative estimate of drug-likeness (QED) is 0.514. The minimum absolute atomic E-state index is 0.516. The van der Waals surface area contributed by atoms with Gasteiger partial charge in [0.15, 0.2) is 11.5 Å². The third kappa shape index (κ3) is 6.79. The maximum absolute atomic E-state index is 6.02. The molecule has 0 amide bonds. The summed E-state index contributed by atoms with van der Waals surface area (Å²) in [6, 6.07) is 6.48. The van der Waals surface area contributed by atoms with E-state index in [-0.39, 0.29) is 0 Å². The first-order valence-corrected chi connectivity index (χ1v) is 11.7. The van der Waals surface area contributed by atoms with Gasteiger partial charge in [-0.3, -0.25) is 0 Å². The van der Waals surface area contributed by atoms with Crippen LogP contribution in [0.2, 0.25) is 0 Å². The number of nitrogens with zero attached hydrogens (tertiary/aromatic N) is 3. The number of likely N-dealkylation sites (tertiary alicyclic amines) is 1. The molecule has 2 aromatic heterocycles. The van der Waals surface area contributed by atoms with Gasteiger partial charge < -0.3 is 29.7 Å². The van der Waals surface area contributed by atoms with Crippen molar-refractivity contribution < 1.29 is 14.2 Å². The van der Waals surface area contributed by atoms with E-state index in [1.165, 1.54) is 31.5 Å². The molecule has 2 aromatic rings. The van der Waals surface area contributed by atoms with Crippen LogP contribution in [0.15, 0.2) is 30.6 Å². The van der Waals surface area contributed by atoms with Crippen molar-refractivity contribution in [3.05, 3.63) is 36.2 Å². The van der Waals surface area contributed by atoms with E-state index in [2.05, 4.69) is 31.6 Å². The predicted molar refractivity (Wildman–Crippen MR) is 125 cm³/mol. The Kier molecular flexibility index (Phi) is 8.53. The topological polar surface area (TPSA) is 80.8 Å². The Morgan fingerprint density at radius 2 is 1.91 bits per heavy atom. The zero-order chi connectivity index (χ0) is 22.0. The lowest BCUT2D eigenvalue weighted by Crippen LogP contribution is -2.34. The van der Waals surface area contributed by atoms with Gasteiger partial charge in [-0.05, 0) is 62.9 Å². The summed E-state index contributed by atoms with van der Waals surface area (Å²) in [5, 5.41) is 6.91. The van der Waals surface area contributed by atoms with Gasteiger partial charge in [0.05, 0.1) is 19.9 Å². The Hall–Kier alpha value is -2.42. The molecule has 4 rings (SSSR count). The van der Waals surface area contributed by atoms with Gasteiger partial charge in [-0.15, -0.1) is 0 Å². The molecule has 0 bridgehead atoms. The Morgan fingerprint density at radius 3 is 2.72 bits per heavy atom. The number of pyridine rings is 2. The highest BCUT2D eigenvalue weighted by atomic mass is 16.5. The summed E-state index contributed by atoms with van der Waals surface area (Å²) in [4.78, 5) is 11.4. The summed E-state index contributed by atoms with van der Waals surface area (Å²) in [6.07, 6.45) is 9.26. The molecule has 0 unspecified atom stereocenters. The van der Waals surface area contributed by atoms with Gasteiger partial charge in [0, 0.05) is 44.6 Å². The number of ether oxygens (including phenoxy) is 3. The highest BCUT2D eigenvalue weighted by Gasteiger charge is 2.14. The van der Waals surface area contributed by atoms with Crippen molar-refractivity contribution in [2.75, 3.05) is 51.9 Å². The molecule has 2 aliphatic rings. The molecule has 0 atom stereocenters. The first-order valence-electron chi connectivity index (χ1n) is 11.7. The molecule has 0 aliphatic carbocycles. The fraction of sp³-hybridized carbons (Fsp3) is 0.583. The summed E-state index contributed by atoms with van der Waals surface area (Å²) in [5.74, 6) is 2.78. The zero-order valence-corrected chi connectivity index (χ0v) is 19.0. The monoisotopic (exact) mass is 441 g/mol. The standard InChI is InChI=1S/C24H35N5O3/c1-30-22-18-27-24(16-21(22)32-12-4-11-29-9-2-3-10-29)28-23-15-19(5-8-25-23)17-26-20-6-13-31-14-7-20/h5,8,15-16,18,20,26H,2-4,6-7,9-14,17H2,1H3,(H,25,27,28). The number of nitrogens with one attached hydrogen (secondary N) is 2. The van der Waals surface area contributed by atoms with Crippen LogP contribution in [0.25, 0.3) is 0 Å². The number of anilines is 2. The van der Waals surface area contributed by atoms with Crippen LogP contribution in [0.1, 0.15) is 37.7 Å². The molecule has 2 aliphatic heterocycles. The van der Waals surface area contributed by atoms with Crippen LogP contribution in [0, 0.1) is 0 Å². The van der Waals surface area contributed by atoms with E-state index >= 15 is 0 Å². The lowest BCUT2D eigenvalue weighted by molar-refractivity contribution is 0.0776. The molecule has 8 heteroatoms. The van der Waals surface area contributed by atoms with Crippen molar-refractivity contribution in [2.24, 2.45) is 0 Å². The van der Waals surface area contributed by atoms with Crippen molar-refractivity contribution in [1.29, 1.82) is 0 Å². The van der Waals surface area contributed by atoms with Crippen molar-refractivity contribution >= 4 is 11.6 Å². The normalized spacial score (nSPS) is 17.4. The van der Waals surface area contributed by atoms with Crippen molar-refractivity contribution in [3.8, 4) is 11.5 Å². The molecule has 4 heterocycles. The fourth-order valence-corrected chi connectivity index (χ4v) is 4.18. The maximum Gasteiger partial charge on any atom is 0.179 e. The summed E-state index contributed by atoms with van der Waals surface area (Å²) in [7, 11) is 1.64. The molecule has 0 saturated carbocycles. The lowest BCUT2D eigenvalue weighted by Gasteiger charge is -2.23. The summed E-state index contributed by atoms with van der Waals surface area (Å²) >= 11 is 0. The van der Waals surface area contributed by atoms with E-state index < -0.39 is 0 Å². The molecule has 2 fully saturated rings. The van der Waals surface area contributed by atoms with Gasteiger partial charge >= 0.3 is 0 Å². The zero-order valence-electron chi connectivity index (χ0n) is 19.0. The van der Waals surface area contributed by atoms with Crippen LogP contribution in [0.4, 0.5) is 11.6 Å². The van der Waals surface area contributed by atoms with Crippen molar-refractivity contribution in [3.63, 3.8) is 0 Å². The van der Waals surface area contributed by atoms with E-state index in [9.17, 15) is 0 Å². The van der Waals surface area contributed by atoms with E-state index in [0.717, 1.165) is 51.4 Å². The first-order chi connectivity index (χ1) is 15.8. The minimum Gasteiger partial charge on any atom is -0.491 e. The second-order valence-corrected chi connectivity index (χ2v) is 8.41. The van der Waals surface area contributed by atoms with Crippen LogP contribution in [0.5, 0.6) is 11.5 Å². The van der Waals surface area contributed by atoms with E-state index in [4.69, 9.17) is 14.2 Å². The van der Waals surface area contributed by atoms with Gasteiger partial charge in [0.25, 0.3) is 0 Å². The van der Waals surface area contributed by atoms with E-state index in [0.29, 0.717) is 30.0 Å². The molecule has 8 nitrogen and oxygen atoms in total. The molecule has 0 spiro atoms. The Bertz CT molecular complexity index is 838. The molecular formula is C24H35N5O3. The number of methoxy groups -OCH3 is 1. The van der Waals surface area contributed by atoms with Crippen LogP contribution in [-0.4, -0.2) is 67.5 Å². The average molecular weight is 442 g/mol. The van der Waals surface area contributed by atoms with E-state index in [1.54, 1.807) is 13.3 Å². The van der Waals surface area contributed by atoms with Gasteiger partial charge in [0.1, 0.15) is 11.6 Å². The summed E-state index contributed by atoms with van der Waals surface area (Å²) in [6.45, 7) is 6.65. The van der Waals surface area contributed by atoms with Crippen LogP contribution >= 0.6 is 0 Å². The minimum atomic E-state index is 0.516. The van der Waals surface area contributed by atoms with Gasteiger partial charge in [-0.1, -0.05) is 0 Å². The lowest BCUT2D eigenvalue weighted by atomic mass is 10.1. The molecule has 0 radical (unpaired) electrons. The Balaban J connectivity index is 1.31. The highest BCUT2D eigenvalue weighted by molar-refractivity contribution is 5.56. The summed E-state index contributed by atoms with van der Waals surface area (Å²) in [5.41, 5.74) is 1.18. The summed E-state index contributed by atoms with van der Waals surface area (Å²) < 4.78 is 16.9. The molecule has 2 saturated heterocycles. The third-order valence-electron chi connectivity index (χ3n) is 6.02. The van der Waals surface area contributed by atoms with Crippen LogP contribution in [-0.2, 0) is 11.3 Å². The smallest absolute Gasteiger partial charge is 0.179 e. The number of hydrogen-bond donors (Lipinski definition) is 2. The number of hydrogen-bond acceptors (Lipinski definition) is 8. The number of rotatable bonds is 11. The molecular weight excluding hydrogens is 406 g/mol. The van der Waals surface area contributed by atoms with Crippen molar-refractivity contribution in [2.45, 2.75) is 44.7 Å². The molecule has 32 heavy (non-hydrogen) atoms. The van der Waals surface area contributed by atoms with Gasteiger partial charge in [0.2, 0.25) is 0 Å². The van der Waals surface area contributed by atoms with Gasteiger partial charge in [-0.2, -0.15) is 0 Å².